The summed E-state index contributed by atoms with van der Waals surface area (Å²) >= 11 is 0. The van der Waals surface area contributed by atoms with E-state index in [0.29, 0.717) is 25.4 Å². The second-order valence-electron chi connectivity index (χ2n) is 10.1. The third-order valence-electron chi connectivity index (χ3n) is 6.34. The zero-order valence-corrected chi connectivity index (χ0v) is 20.1. The molecule has 1 aromatic carbocycles. The molecule has 2 aliphatic heterocycles. The fourth-order valence-corrected chi connectivity index (χ4v) is 4.57. The third-order valence-corrected chi connectivity index (χ3v) is 6.34. The van der Waals surface area contributed by atoms with Crippen LogP contribution in [0.2, 0.25) is 0 Å². The Morgan fingerprint density at radius 2 is 1.85 bits per heavy atom. The lowest BCUT2D eigenvalue weighted by molar-refractivity contribution is 0.0123. The molecule has 0 aliphatic carbocycles. The lowest BCUT2D eigenvalue weighted by Crippen LogP contribution is -2.44. The van der Waals surface area contributed by atoms with Crippen LogP contribution in [0.5, 0.6) is 5.75 Å². The SMILES string of the molecule is CCCC(=O)c1ccc(-c2cc3c(cn2)OC(C2CCN(C(=O)OC(C)(C)C)CC2)C3)cc1. The van der Waals surface area contributed by atoms with Crippen molar-refractivity contribution in [2.75, 3.05) is 13.1 Å². The molecule has 0 spiro atoms. The van der Waals surface area contributed by atoms with Gasteiger partial charge >= 0.3 is 6.09 Å². The van der Waals surface area contributed by atoms with Gasteiger partial charge in [-0.3, -0.25) is 9.78 Å². The lowest BCUT2D eigenvalue weighted by atomic mass is 9.89. The summed E-state index contributed by atoms with van der Waals surface area (Å²) in [5, 5.41) is 0. The van der Waals surface area contributed by atoms with Crippen LogP contribution in [0.1, 0.15) is 69.3 Å². The van der Waals surface area contributed by atoms with E-state index in [9.17, 15) is 9.59 Å². The molecule has 1 fully saturated rings. The smallest absolute Gasteiger partial charge is 0.410 e. The molecule has 3 heterocycles. The van der Waals surface area contributed by atoms with Crippen molar-refractivity contribution in [3.05, 3.63) is 47.7 Å². The van der Waals surface area contributed by atoms with E-state index in [4.69, 9.17) is 9.47 Å². The minimum absolute atomic E-state index is 0.117. The van der Waals surface area contributed by atoms with Crippen molar-refractivity contribution >= 4 is 11.9 Å². The van der Waals surface area contributed by atoms with Gasteiger partial charge in [-0.05, 0) is 52.0 Å². The Morgan fingerprint density at radius 3 is 2.48 bits per heavy atom. The number of ether oxygens (including phenoxy) is 2. The van der Waals surface area contributed by atoms with E-state index in [1.54, 1.807) is 4.90 Å². The molecule has 1 amide bonds. The Labute approximate surface area is 196 Å². The highest BCUT2D eigenvalue weighted by molar-refractivity contribution is 5.96. The molecular formula is C27H34N2O4. The highest BCUT2D eigenvalue weighted by Crippen LogP contribution is 2.36. The van der Waals surface area contributed by atoms with Gasteiger partial charge in [0, 0.05) is 42.6 Å². The summed E-state index contributed by atoms with van der Waals surface area (Å²) in [4.78, 5) is 30.8. The molecule has 6 heteroatoms. The zero-order valence-electron chi connectivity index (χ0n) is 20.1. The van der Waals surface area contributed by atoms with Crippen molar-refractivity contribution < 1.29 is 19.1 Å². The van der Waals surface area contributed by atoms with Crippen LogP contribution in [0.25, 0.3) is 11.3 Å². The molecule has 176 valence electrons. The number of carbonyl (C=O) groups excluding carboxylic acids is 2. The number of pyridine rings is 1. The molecule has 1 aromatic heterocycles. The number of Topliss-reactive ketones (excluding diaryl/α,β-unsaturated/α-hetero) is 1. The van der Waals surface area contributed by atoms with Crippen molar-refractivity contribution in [2.24, 2.45) is 5.92 Å². The Bertz CT molecular complexity index is 1000. The van der Waals surface area contributed by atoms with E-state index in [2.05, 4.69) is 11.1 Å². The lowest BCUT2D eigenvalue weighted by Gasteiger charge is -2.35. The highest BCUT2D eigenvalue weighted by Gasteiger charge is 2.35. The largest absolute Gasteiger partial charge is 0.488 e. The van der Waals surface area contributed by atoms with Gasteiger partial charge < -0.3 is 14.4 Å². The fraction of sp³-hybridized carbons (Fsp3) is 0.519. The van der Waals surface area contributed by atoms with Gasteiger partial charge in [0.25, 0.3) is 0 Å². The second kappa shape index (κ2) is 9.54. The van der Waals surface area contributed by atoms with E-state index in [1.807, 2.05) is 58.2 Å². The van der Waals surface area contributed by atoms with Crippen molar-refractivity contribution in [2.45, 2.75) is 71.5 Å². The van der Waals surface area contributed by atoms with Gasteiger partial charge in [0.1, 0.15) is 17.5 Å². The molecule has 2 aromatic rings. The van der Waals surface area contributed by atoms with E-state index in [-0.39, 0.29) is 18.0 Å². The monoisotopic (exact) mass is 450 g/mol. The van der Waals surface area contributed by atoms with Crippen LogP contribution in [-0.4, -0.2) is 46.6 Å². The fourth-order valence-electron chi connectivity index (χ4n) is 4.57. The first kappa shape index (κ1) is 23.3. The summed E-state index contributed by atoms with van der Waals surface area (Å²) < 4.78 is 11.8. The summed E-state index contributed by atoms with van der Waals surface area (Å²) in [6.07, 6.45) is 5.81. The average molecular weight is 451 g/mol. The Morgan fingerprint density at radius 1 is 1.15 bits per heavy atom. The number of hydrogen-bond donors (Lipinski definition) is 0. The first-order chi connectivity index (χ1) is 15.7. The van der Waals surface area contributed by atoms with Gasteiger partial charge in [-0.15, -0.1) is 0 Å². The van der Waals surface area contributed by atoms with Gasteiger partial charge in [0.15, 0.2) is 5.78 Å². The topological polar surface area (TPSA) is 68.7 Å². The molecule has 1 atom stereocenters. The molecule has 0 bridgehead atoms. The van der Waals surface area contributed by atoms with Crippen LogP contribution >= 0.6 is 0 Å². The molecule has 6 nitrogen and oxygen atoms in total. The number of ketones is 1. The van der Waals surface area contributed by atoms with E-state index in [1.165, 1.54) is 5.56 Å². The number of benzene rings is 1. The number of carbonyl (C=O) groups is 2. The van der Waals surface area contributed by atoms with Crippen LogP contribution in [-0.2, 0) is 11.2 Å². The first-order valence-electron chi connectivity index (χ1n) is 12.0. The van der Waals surface area contributed by atoms with Crippen LogP contribution in [0.3, 0.4) is 0 Å². The predicted octanol–water partition coefficient (Wildman–Crippen LogP) is 5.68. The Balaban J connectivity index is 1.36. The number of rotatable bonds is 5. The van der Waals surface area contributed by atoms with Crippen LogP contribution < -0.4 is 4.74 Å². The number of amides is 1. The summed E-state index contributed by atoms with van der Waals surface area (Å²) in [5.41, 5.74) is 3.35. The number of piperidine rings is 1. The minimum atomic E-state index is -0.472. The molecular weight excluding hydrogens is 416 g/mol. The van der Waals surface area contributed by atoms with Crippen molar-refractivity contribution in [1.82, 2.24) is 9.88 Å². The standard InChI is InChI=1S/C27H34N2O4/c1-5-6-23(30)19-9-7-18(8-10-19)22-15-21-16-24(32-25(21)17-28-22)20-11-13-29(14-12-20)26(31)33-27(2,3)4/h7-10,15,17,20,24H,5-6,11-14,16H2,1-4H3. The van der Waals surface area contributed by atoms with Gasteiger partial charge in [0.2, 0.25) is 0 Å². The molecule has 0 N–H and O–H groups in total. The molecule has 1 unspecified atom stereocenters. The summed E-state index contributed by atoms with van der Waals surface area (Å²) in [6.45, 7) is 9.09. The van der Waals surface area contributed by atoms with E-state index < -0.39 is 5.60 Å². The normalized spacial score (nSPS) is 18.5. The highest BCUT2D eigenvalue weighted by atomic mass is 16.6. The zero-order chi connectivity index (χ0) is 23.6. The van der Waals surface area contributed by atoms with Gasteiger partial charge in [0.05, 0.1) is 11.9 Å². The first-order valence-corrected chi connectivity index (χ1v) is 12.0. The third kappa shape index (κ3) is 5.55. The van der Waals surface area contributed by atoms with Crippen LogP contribution in [0.15, 0.2) is 36.5 Å². The number of fused-ring (bicyclic) bond motifs is 1. The van der Waals surface area contributed by atoms with Crippen molar-refractivity contribution in [1.29, 1.82) is 0 Å². The molecule has 33 heavy (non-hydrogen) atoms. The van der Waals surface area contributed by atoms with E-state index >= 15 is 0 Å². The molecule has 4 rings (SSSR count). The van der Waals surface area contributed by atoms with Crippen LogP contribution in [0.4, 0.5) is 4.79 Å². The van der Waals surface area contributed by atoms with Gasteiger partial charge in [-0.25, -0.2) is 4.79 Å². The maximum absolute atomic E-state index is 12.3. The maximum atomic E-state index is 12.3. The predicted molar refractivity (Wildman–Crippen MR) is 128 cm³/mol. The number of aromatic nitrogens is 1. The minimum Gasteiger partial charge on any atom is -0.488 e. The Hall–Kier alpha value is -2.89. The molecule has 0 saturated carbocycles. The number of nitrogens with zero attached hydrogens (tertiary/aromatic N) is 2. The van der Waals surface area contributed by atoms with Gasteiger partial charge in [-0.2, -0.15) is 0 Å². The number of likely N-dealkylation sites (tertiary alicyclic amines) is 1. The molecule has 1 saturated heterocycles. The van der Waals surface area contributed by atoms with E-state index in [0.717, 1.165) is 48.3 Å². The molecule has 0 radical (unpaired) electrons. The maximum Gasteiger partial charge on any atom is 0.410 e. The second-order valence-corrected chi connectivity index (χ2v) is 10.1. The Kier molecular flexibility index (Phi) is 6.73. The quantitative estimate of drug-likeness (QED) is 0.548. The van der Waals surface area contributed by atoms with Gasteiger partial charge in [-0.1, -0.05) is 31.2 Å². The summed E-state index contributed by atoms with van der Waals surface area (Å²) in [7, 11) is 0. The van der Waals surface area contributed by atoms with Crippen LogP contribution in [0, 0.1) is 5.92 Å². The number of hydrogen-bond acceptors (Lipinski definition) is 5. The average Bonchev–Trinajstić information content (AvgIpc) is 3.22. The van der Waals surface area contributed by atoms with Crippen molar-refractivity contribution in [3.8, 4) is 17.0 Å². The molecule has 2 aliphatic rings. The van der Waals surface area contributed by atoms with Crippen molar-refractivity contribution in [3.63, 3.8) is 0 Å². The summed E-state index contributed by atoms with van der Waals surface area (Å²) in [6, 6.07) is 9.82. The summed E-state index contributed by atoms with van der Waals surface area (Å²) in [5.74, 6) is 1.44.